The number of rotatable bonds is 5. The van der Waals surface area contributed by atoms with E-state index in [1.807, 2.05) is 32.0 Å². The third-order valence-electron chi connectivity index (χ3n) is 5.11. The smallest absolute Gasteiger partial charge is 0.321 e. The van der Waals surface area contributed by atoms with Crippen molar-refractivity contribution in [2.75, 3.05) is 23.8 Å². The zero-order chi connectivity index (χ0) is 21.1. The van der Waals surface area contributed by atoms with Gasteiger partial charge < -0.3 is 15.4 Å². The fourth-order valence-corrected chi connectivity index (χ4v) is 4.37. The normalized spacial score (nSPS) is 15.9. The molecule has 1 saturated heterocycles. The lowest BCUT2D eigenvalue weighted by Gasteiger charge is -2.11. The molecule has 156 valence electrons. The first kappa shape index (κ1) is 20.3. The van der Waals surface area contributed by atoms with Gasteiger partial charge >= 0.3 is 6.03 Å². The maximum Gasteiger partial charge on any atom is 0.321 e. The van der Waals surface area contributed by atoms with Crippen molar-refractivity contribution in [1.82, 2.24) is 10.3 Å². The summed E-state index contributed by atoms with van der Waals surface area (Å²) >= 11 is 1.33. The van der Waals surface area contributed by atoms with Crippen molar-refractivity contribution in [2.24, 2.45) is 0 Å². The van der Waals surface area contributed by atoms with Gasteiger partial charge in [-0.25, -0.2) is 9.78 Å². The minimum Gasteiger partial charge on any atom is -0.376 e. The molecule has 2 aromatic carbocycles. The van der Waals surface area contributed by atoms with Crippen molar-refractivity contribution < 1.29 is 14.3 Å². The van der Waals surface area contributed by atoms with E-state index < -0.39 is 0 Å². The summed E-state index contributed by atoms with van der Waals surface area (Å²) in [6, 6.07) is 10.9. The highest BCUT2D eigenvalue weighted by Gasteiger charge is 2.17. The van der Waals surface area contributed by atoms with E-state index in [0.717, 1.165) is 46.5 Å². The van der Waals surface area contributed by atoms with Crippen molar-refractivity contribution >= 4 is 44.3 Å². The van der Waals surface area contributed by atoms with Gasteiger partial charge in [0.05, 0.1) is 16.3 Å². The molecule has 1 aromatic heterocycles. The minimum atomic E-state index is -0.308. The van der Waals surface area contributed by atoms with Crippen LogP contribution in [0.5, 0.6) is 0 Å². The zero-order valence-electron chi connectivity index (χ0n) is 17.0. The maximum atomic E-state index is 12.7. The van der Waals surface area contributed by atoms with Crippen molar-refractivity contribution in [1.29, 1.82) is 0 Å². The number of nitrogens with zero attached hydrogens (tertiary/aromatic N) is 1. The van der Waals surface area contributed by atoms with E-state index in [-0.39, 0.29) is 18.0 Å². The third kappa shape index (κ3) is 4.60. The van der Waals surface area contributed by atoms with E-state index in [2.05, 4.69) is 20.9 Å². The predicted octanol–water partition coefficient (Wildman–Crippen LogP) is 4.47. The molecule has 3 aromatic rings. The number of anilines is 2. The second-order valence-corrected chi connectivity index (χ2v) is 8.42. The summed E-state index contributed by atoms with van der Waals surface area (Å²) < 4.78 is 6.33. The molecule has 2 heterocycles. The summed E-state index contributed by atoms with van der Waals surface area (Å²) in [5.74, 6) is -0.175. The first-order chi connectivity index (χ1) is 14.5. The number of carbonyl (C=O) groups is 2. The molecule has 30 heavy (non-hydrogen) atoms. The number of hydrogen-bond donors (Lipinski definition) is 3. The van der Waals surface area contributed by atoms with Crippen LogP contribution in [0.2, 0.25) is 0 Å². The Balaban J connectivity index is 1.43. The van der Waals surface area contributed by atoms with Gasteiger partial charge in [0, 0.05) is 24.4 Å². The number of aromatic nitrogens is 1. The second-order valence-electron chi connectivity index (χ2n) is 7.39. The van der Waals surface area contributed by atoms with E-state index in [1.54, 1.807) is 18.2 Å². The number of hydrogen-bond acceptors (Lipinski definition) is 5. The molecule has 1 unspecified atom stereocenters. The van der Waals surface area contributed by atoms with E-state index in [9.17, 15) is 9.59 Å². The summed E-state index contributed by atoms with van der Waals surface area (Å²) in [4.78, 5) is 29.3. The molecule has 0 spiro atoms. The Morgan fingerprint density at radius 2 is 1.97 bits per heavy atom. The van der Waals surface area contributed by atoms with Crippen LogP contribution in [0.1, 0.15) is 34.3 Å². The van der Waals surface area contributed by atoms with Gasteiger partial charge in [0.25, 0.3) is 5.91 Å². The maximum absolute atomic E-state index is 12.7. The fourth-order valence-electron chi connectivity index (χ4n) is 3.47. The Kier molecular flexibility index (Phi) is 5.96. The molecule has 1 aliphatic heterocycles. The topological polar surface area (TPSA) is 92.4 Å². The lowest BCUT2D eigenvalue weighted by Crippen LogP contribution is -2.34. The molecule has 0 bridgehead atoms. The number of thiazole rings is 1. The number of amides is 3. The van der Waals surface area contributed by atoms with Crippen molar-refractivity contribution in [3.63, 3.8) is 0 Å². The number of benzene rings is 2. The molecule has 0 saturated carbocycles. The van der Waals surface area contributed by atoms with Gasteiger partial charge in [-0.2, -0.15) is 0 Å². The molecule has 4 rings (SSSR count). The van der Waals surface area contributed by atoms with Crippen molar-refractivity contribution in [3.8, 4) is 0 Å². The van der Waals surface area contributed by atoms with Gasteiger partial charge in [0.1, 0.15) is 0 Å². The Hall–Kier alpha value is -2.97. The summed E-state index contributed by atoms with van der Waals surface area (Å²) in [5, 5.41) is 9.06. The first-order valence-electron chi connectivity index (χ1n) is 9.94. The van der Waals surface area contributed by atoms with Gasteiger partial charge in [0.15, 0.2) is 5.13 Å². The van der Waals surface area contributed by atoms with Gasteiger partial charge in [-0.05, 0) is 56.0 Å². The first-order valence-corrected chi connectivity index (χ1v) is 10.8. The highest BCUT2D eigenvalue weighted by atomic mass is 32.1. The number of ether oxygens (including phenoxy) is 1. The minimum absolute atomic E-state index is 0.0871. The SMILES string of the molecule is Cc1cccc(C)c1NC(=O)c1ccc2nc(NC(=O)NCC3CCCO3)sc2c1. The van der Waals surface area contributed by atoms with Gasteiger partial charge in [-0.3, -0.25) is 10.1 Å². The van der Waals surface area contributed by atoms with Crippen LogP contribution < -0.4 is 16.0 Å². The predicted molar refractivity (Wildman–Crippen MR) is 119 cm³/mol. The van der Waals surface area contributed by atoms with Gasteiger partial charge in [0.2, 0.25) is 0 Å². The number of carbonyl (C=O) groups excluding carboxylic acids is 2. The standard InChI is InChI=1S/C22H24N4O3S/c1-13-5-3-6-14(2)19(13)25-20(27)15-8-9-17-18(11-15)30-22(24-17)26-21(28)23-12-16-7-4-10-29-16/h3,5-6,8-9,11,16H,4,7,10,12H2,1-2H3,(H,25,27)(H2,23,24,26,28). The number of fused-ring (bicyclic) bond motifs is 1. The molecule has 3 N–H and O–H groups in total. The van der Waals surface area contributed by atoms with Crippen LogP contribution in [0.4, 0.5) is 15.6 Å². The summed E-state index contributed by atoms with van der Waals surface area (Å²) in [5.41, 5.74) is 4.14. The van der Waals surface area contributed by atoms with Crippen LogP contribution in [0.15, 0.2) is 36.4 Å². The highest BCUT2D eigenvalue weighted by molar-refractivity contribution is 7.22. The molecule has 1 atom stereocenters. The molecule has 3 amide bonds. The lowest BCUT2D eigenvalue weighted by atomic mass is 10.1. The Bertz CT molecular complexity index is 1070. The molecule has 7 nitrogen and oxygen atoms in total. The highest BCUT2D eigenvalue weighted by Crippen LogP contribution is 2.28. The quantitative estimate of drug-likeness (QED) is 0.564. The lowest BCUT2D eigenvalue weighted by molar-refractivity contribution is 0.102. The van der Waals surface area contributed by atoms with Crippen LogP contribution in [0, 0.1) is 13.8 Å². The summed E-state index contributed by atoms with van der Waals surface area (Å²) in [6.45, 7) is 5.18. The van der Waals surface area contributed by atoms with Crippen LogP contribution in [0.25, 0.3) is 10.2 Å². The third-order valence-corrected chi connectivity index (χ3v) is 6.04. The summed E-state index contributed by atoms with van der Waals surface area (Å²) in [7, 11) is 0. The summed E-state index contributed by atoms with van der Waals surface area (Å²) in [6.07, 6.45) is 2.09. The number of para-hydroxylation sites is 1. The molecular formula is C22H24N4O3S. The number of urea groups is 1. The van der Waals surface area contributed by atoms with E-state index in [4.69, 9.17) is 4.74 Å². The molecular weight excluding hydrogens is 400 g/mol. The van der Waals surface area contributed by atoms with Crippen LogP contribution >= 0.6 is 11.3 Å². The molecule has 0 radical (unpaired) electrons. The van der Waals surface area contributed by atoms with E-state index >= 15 is 0 Å². The second kappa shape index (κ2) is 8.81. The number of nitrogens with one attached hydrogen (secondary N) is 3. The van der Waals surface area contributed by atoms with Gasteiger partial charge in [-0.1, -0.05) is 29.5 Å². The average molecular weight is 425 g/mol. The van der Waals surface area contributed by atoms with Crippen LogP contribution in [-0.2, 0) is 4.74 Å². The van der Waals surface area contributed by atoms with Crippen LogP contribution in [-0.4, -0.2) is 36.2 Å². The molecule has 8 heteroatoms. The van der Waals surface area contributed by atoms with E-state index in [0.29, 0.717) is 17.2 Å². The van der Waals surface area contributed by atoms with Crippen LogP contribution in [0.3, 0.4) is 0 Å². The monoisotopic (exact) mass is 424 g/mol. The Morgan fingerprint density at radius 3 is 2.70 bits per heavy atom. The van der Waals surface area contributed by atoms with E-state index in [1.165, 1.54) is 11.3 Å². The molecule has 1 aliphatic rings. The van der Waals surface area contributed by atoms with Crippen molar-refractivity contribution in [3.05, 3.63) is 53.1 Å². The van der Waals surface area contributed by atoms with Gasteiger partial charge in [-0.15, -0.1) is 0 Å². The van der Waals surface area contributed by atoms with Crippen molar-refractivity contribution in [2.45, 2.75) is 32.8 Å². The molecule has 0 aliphatic carbocycles. The average Bonchev–Trinajstić information content (AvgIpc) is 3.37. The zero-order valence-corrected chi connectivity index (χ0v) is 17.8. The largest absolute Gasteiger partial charge is 0.376 e. The number of aryl methyl sites for hydroxylation is 2. The Morgan fingerprint density at radius 1 is 1.17 bits per heavy atom. The molecule has 1 fully saturated rings. The Labute approximate surface area is 178 Å². The fraction of sp³-hybridized carbons (Fsp3) is 0.318.